The van der Waals surface area contributed by atoms with Crippen molar-refractivity contribution in [2.75, 3.05) is 11.9 Å². The zero-order valence-electron chi connectivity index (χ0n) is 11.6. The summed E-state index contributed by atoms with van der Waals surface area (Å²) >= 11 is 0. The molecule has 0 radical (unpaired) electrons. The Morgan fingerprint density at radius 2 is 2.05 bits per heavy atom. The number of nitrogens with one attached hydrogen (secondary N) is 1. The highest BCUT2D eigenvalue weighted by Gasteiger charge is 2.12. The number of hydrogen-bond acceptors (Lipinski definition) is 5. The van der Waals surface area contributed by atoms with Gasteiger partial charge in [0, 0.05) is 6.54 Å². The second-order valence-corrected chi connectivity index (χ2v) is 4.10. The van der Waals surface area contributed by atoms with Gasteiger partial charge in [-0.05, 0) is 25.5 Å². The van der Waals surface area contributed by atoms with Gasteiger partial charge in [-0.1, -0.05) is 19.1 Å². The Morgan fingerprint density at radius 1 is 1.25 bits per heavy atom. The Balaban J connectivity index is 2.38. The van der Waals surface area contributed by atoms with E-state index >= 15 is 0 Å². The van der Waals surface area contributed by atoms with Crippen molar-refractivity contribution in [3.63, 3.8) is 0 Å². The molecule has 0 atom stereocenters. The maximum Gasteiger partial charge on any atom is 0.227 e. The van der Waals surface area contributed by atoms with E-state index < -0.39 is 0 Å². The number of benzene rings is 1. The molecule has 5 nitrogen and oxygen atoms in total. The maximum atomic E-state index is 9.09. The largest absolute Gasteiger partial charge is 0.437 e. The molecule has 20 heavy (non-hydrogen) atoms. The van der Waals surface area contributed by atoms with Crippen LogP contribution in [0.3, 0.4) is 0 Å². The SMILES string of the molecule is CCNc1ncnc(Oc2ccccc2C#N)c1CC. The third kappa shape index (κ3) is 2.86. The quantitative estimate of drug-likeness (QED) is 0.902. The predicted octanol–water partition coefficient (Wildman–Crippen LogP) is 3.13. The Labute approximate surface area is 118 Å². The van der Waals surface area contributed by atoms with E-state index in [0.29, 0.717) is 17.2 Å². The lowest BCUT2D eigenvalue weighted by Crippen LogP contribution is -2.06. The highest BCUT2D eigenvalue weighted by Crippen LogP contribution is 2.29. The summed E-state index contributed by atoms with van der Waals surface area (Å²) in [5.74, 6) is 1.77. The molecule has 102 valence electrons. The molecule has 1 N–H and O–H groups in total. The van der Waals surface area contributed by atoms with Crippen molar-refractivity contribution in [2.45, 2.75) is 20.3 Å². The Morgan fingerprint density at radius 3 is 2.75 bits per heavy atom. The van der Waals surface area contributed by atoms with Crippen molar-refractivity contribution in [1.82, 2.24) is 9.97 Å². The van der Waals surface area contributed by atoms with Crippen molar-refractivity contribution in [3.8, 4) is 17.7 Å². The smallest absolute Gasteiger partial charge is 0.227 e. The summed E-state index contributed by atoms with van der Waals surface area (Å²) in [4.78, 5) is 8.40. The molecule has 1 aromatic carbocycles. The number of ether oxygens (including phenoxy) is 1. The van der Waals surface area contributed by atoms with E-state index in [9.17, 15) is 0 Å². The first-order valence-electron chi connectivity index (χ1n) is 6.54. The molecule has 0 fully saturated rings. The van der Waals surface area contributed by atoms with Gasteiger partial charge in [0.05, 0.1) is 11.1 Å². The van der Waals surface area contributed by atoms with Gasteiger partial charge in [0.25, 0.3) is 0 Å². The van der Waals surface area contributed by atoms with Crippen LogP contribution in [0.2, 0.25) is 0 Å². The molecule has 5 heteroatoms. The van der Waals surface area contributed by atoms with Gasteiger partial charge >= 0.3 is 0 Å². The standard InChI is InChI=1S/C15H16N4O/c1-3-12-14(17-4-2)18-10-19-15(12)20-13-8-6-5-7-11(13)9-16/h5-8,10H,3-4H2,1-2H3,(H,17,18,19). The molecule has 2 rings (SSSR count). The van der Waals surface area contributed by atoms with E-state index in [1.54, 1.807) is 18.2 Å². The number of aromatic nitrogens is 2. The van der Waals surface area contributed by atoms with E-state index in [1.165, 1.54) is 6.33 Å². The maximum absolute atomic E-state index is 9.09. The Bertz CT molecular complexity index is 634. The van der Waals surface area contributed by atoms with Crippen LogP contribution in [0.25, 0.3) is 0 Å². The molecule has 0 spiro atoms. The van der Waals surface area contributed by atoms with Crippen molar-refractivity contribution in [2.24, 2.45) is 0 Å². The highest BCUT2D eigenvalue weighted by atomic mass is 16.5. The van der Waals surface area contributed by atoms with Gasteiger partial charge in [0.15, 0.2) is 0 Å². The molecule has 0 saturated heterocycles. The normalized spacial score (nSPS) is 9.85. The first kappa shape index (κ1) is 13.8. The van der Waals surface area contributed by atoms with Gasteiger partial charge in [-0.15, -0.1) is 0 Å². The van der Waals surface area contributed by atoms with Crippen molar-refractivity contribution < 1.29 is 4.74 Å². The van der Waals surface area contributed by atoms with Crippen LogP contribution >= 0.6 is 0 Å². The third-order valence-corrected chi connectivity index (χ3v) is 2.82. The molecule has 0 bridgehead atoms. The number of nitrogens with zero attached hydrogens (tertiary/aromatic N) is 3. The van der Waals surface area contributed by atoms with E-state index in [2.05, 4.69) is 21.4 Å². The molecule has 0 unspecified atom stereocenters. The van der Waals surface area contributed by atoms with Gasteiger partial charge < -0.3 is 10.1 Å². The predicted molar refractivity (Wildman–Crippen MR) is 76.8 cm³/mol. The fourth-order valence-electron chi connectivity index (χ4n) is 1.87. The topological polar surface area (TPSA) is 70.8 Å². The number of rotatable bonds is 5. The van der Waals surface area contributed by atoms with Gasteiger partial charge in [0.1, 0.15) is 24.0 Å². The van der Waals surface area contributed by atoms with E-state index in [4.69, 9.17) is 10.00 Å². The summed E-state index contributed by atoms with van der Waals surface area (Å²) < 4.78 is 5.80. The molecular weight excluding hydrogens is 252 g/mol. The second-order valence-electron chi connectivity index (χ2n) is 4.10. The second kappa shape index (κ2) is 6.53. The van der Waals surface area contributed by atoms with Gasteiger partial charge in [0.2, 0.25) is 5.88 Å². The summed E-state index contributed by atoms with van der Waals surface area (Å²) in [5.41, 5.74) is 1.39. The zero-order valence-corrected chi connectivity index (χ0v) is 11.6. The minimum absolute atomic E-state index is 0.484. The molecule has 0 aliphatic carbocycles. The van der Waals surface area contributed by atoms with Crippen LogP contribution < -0.4 is 10.1 Å². The van der Waals surface area contributed by atoms with Gasteiger partial charge in [-0.25, -0.2) is 9.97 Å². The van der Waals surface area contributed by atoms with Gasteiger partial charge in [-0.2, -0.15) is 5.26 Å². The minimum Gasteiger partial charge on any atom is -0.437 e. The van der Waals surface area contributed by atoms with E-state index in [0.717, 1.165) is 24.3 Å². The van der Waals surface area contributed by atoms with E-state index in [-0.39, 0.29) is 0 Å². The monoisotopic (exact) mass is 268 g/mol. The van der Waals surface area contributed by atoms with Crippen LogP contribution in [0.4, 0.5) is 5.82 Å². The van der Waals surface area contributed by atoms with Crippen LogP contribution in [0.1, 0.15) is 25.0 Å². The number of anilines is 1. The lowest BCUT2D eigenvalue weighted by Gasteiger charge is -2.13. The average molecular weight is 268 g/mol. The zero-order chi connectivity index (χ0) is 14.4. The minimum atomic E-state index is 0.484. The summed E-state index contributed by atoms with van der Waals surface area (Å²) in [6, 6.07) is 9.21. The molecule has 0 amide bonds. The van der Waals surface area contributed by atoms with Crippen molar-refractivity contribution in [1.29, 1.82) is 5.26 Å². The summed E-state index contributed by atoms with van der Waals surface area (Å²) in [6.45, 7) is 4.80. The number of para-hydroxylation sites is 1. The lowest BCUT2D eigenvalue weighted by molar-refractivity contribution is 0.454. The van der Waals surface area contributed by atoms with Gasteiger partial charge in [-0.3, -0.25) is 0 Å². The van der Waals surface area contributed by atoms with Crippen LogP contribution in [-0.2, 0) is 6.42 Å². The first-order valence-corrected chi connectivity index (χ1v) is 6.54. The molecule has 0 aliphatic heterocycles. The van der Waals surface area contributed by atoms with E-state index in [1.807, 2.05) is 19.9 Å². The number of hydrogen-bond donors (Lipinski definition) is 1. The number of nitriles is 1. The fourth-order valence-corrected chi connectivity index (χ4v) is 1.87. The Kier molecular flexibility index (Phi) is 4.51. The Hall–Kier alpha value is -2.61. The van der Waals surface area contributed by atoms with Crippen LogP contribution in [0.5, 0.6) is 11.6 Å². The fraction of sp³-hybridized carbons (Fsp3) is 0.267. The highest BCUT2D eigenvalue weighted by molar-refractivity contribution is 5.51. The summed E-state index contributed by atoms with van der Waals surface area (Å²) in [6.07, 6.45) is 2.20. The van der Waals surface area contributed by atoms with Crippen molar-refractivity contribution in [3.05, 3.63) is 41.7 Å². The van der Waals surface area contributed by atoms with Crippen molar-refractivity contribution >= 4 is 5.82 Å². The van der Waals surface area contributed by atoms with Crippen LogP contribution in [-0.4, -0.2) is 16.5 Å². The lowest BCUT2D eigenvalue weighted by atomic mass is 10.2. The molecular formula is C15H16N4O. The molecule has 1 aromatic heterocycles. The average Bonchev–Trinajstić information content (AvgIpc) is 2.48. The molecule has 0 aliphatic rings. The third-order valence-electron chi connectivity index (χ3n) is 2.82. The summed E-state index contributed by atoms with van der Waals surface area (Å²) in [5, 5.41) is 12.3. The molecule has 1 heterocycles. The summed E-state index contributed by atoms with van der Waals surface area (Å²) in [7, 11) is 0. The molecule has 0 saturated carbocycles. The van der Waals surface area contributed by atoms with Crippen LogP contribution in [0, 0.1) is 11.3 Å². The van der Waals surface area contributed by atoms with Crippen LogP contribution in [0.15, 0.2) is 30.6 Å². The first-order chi connectivity index (χ1) is 9.80. The molecule has 2 aromatic rings.